The third kappa shape index (κ3) is 3.83. The van der Waals surface area contributed by atoms with Crippen molar-refractivity contribution in [2.24, 2.45) is 0 Å². The van der Waals surface area contributed by atoms with E-state index in [-0.39, 0.29) is 15.7 Å². The van der Waals surface area contributed by atoms with Gasteiger partial charge in [0.25, 0.3) is 20.2 Å². The SMILES string of the molecule is CC1=[N+](c2cccc(S(=O)(=O)O)c2)c2ccc3c(S(=O)(=O)O)cc(S(=O)(=O)[O-])cc3c2C1(C)C. The van der Waals surface area contributed by atoms with Gasteiger partial charge in [-0.25, -0.2) is 8.42 Å². The Kier molecular flexibility index (Phi) is 5.33. The van der Waals surface area contributed by atoms with E-state index in [9.17, 15) is 38.9 Å². The molecule has 34 heavy (non-hydrogen) atoms. The van der Waals surface area contributed by atoms with Crippen LogP contribution in [0.4, 0.5) is 11.4 Å². The molecule has 0 saturated carbocycles. The second kappa shape index (κ2) is 7.41. The van der Waals surface area contributed by atoms with Crippen LogP contribution < -0.4 is 4.58 Å². The van der Waals surface area contributed by atoms with Crippen LogP contribution in [0.15, 0.2) is 63.2 Å². The lowest BCUT2D eigenvalue weighted by Crippen LogP contribution is -2.26. The molecule has 0 fully saturated rings. The van der Waals surface area contributed by atoms with E-state index < -0.39 is 45.6 Å². The average Bonchev–Trinajstić information content (AvgIpc) is 2.91. The Balaban J connectivity index is 2.15. The van der Waals surface area contributed by atoms with Gasteiger partial charge in [-0.3, -0.25) is 9.11 Å². The van der Waals surface area contributed by atoms with Crippen molar-refractivity contribution in [3.63, 3.8) is 0 Å². The van der Waals surface area contributed by atoms with E-state index in [4.69, 9.17) is 0 Å². The van der Waals surface area contributed by atoms with E-state index in [0.29, 0.717) is 28.7 Å². The van der Waals surface area contributed by atoms with Crippen molar-refractivity contribution in [1.29, 1.82) is 0 Å². The number of benzene rings is 3. The van der Waals surface area contributed by atoms with Gasteiger partial charge in [-0.05, 0) is 43.5 Å². The highest BCUT2D eigenvalue weighted by atomic mass is 32.2. The Bertz CT molecular complexity index is 1750. The Labute approximate surface area is 196 Å². The van der Waals surface area contributed by atoms with Crippen molar-refractivity contribution >= 4 is 58.2 Å². The predicted octanol–water partition coefficient (Wildman–Crippen LogP) is 2.82. The molecule has 180 valence electrons. The fourth-order valence-electron chi connectivity index (χ4n) is 4.32. The van der Waals surface area contributed by atoms with Crippen LogP contribution >= 0.6 is 0 Å². The lowest BCUT2D eigenvalue weighted by molar-refractivity contribution is 0.462. The minimum atomic E-state index is -5.07. The fourth-order valence-corrected chi connectivity index (χ4v) is 6.17. The minimum Gasteiger partial charge on any atom is -0.744 e. The molecule has 4 rings (SSSR count). The highest BCUT2D eigenvalue weighted by Gasteiger charge is 2.46. The summed E-state index contributed by atoms with van der Waals surface area (Å²) in [5, 5.41) is 0.142. The van der Waals surface area contributed by atoms with Gasteiger partial charge in [0.05, 0.1) is 10.3 Å². The Morgan fingerprint density at radius 3 is 2.03 bits per heavy atom. The van der Waals surface area contributed by atoms with Crippen molar-refractivity contribution in [2.45, 2.75) is 40.9 Å². The molecule has 0 bridgehead atoms. The number of fused-ring (bicyclic) bond motifs is 3. The zero-order chi connectivity index (χ0) is 25.4. The number of hydrogen-bond acceptors (Lipinski definition) is 7. The van der Waals surface area contributed by atoms with Crippen LogP contribution in [0.25, 0.3) is 10.8 Å². The first-order valence-electron chi connectivity index (χ1n) is 9.70. The van der Waals surface area contributed by atoms with Gasteiger partial charge in [-0.2, -0.15) is 21.4 Å². The first-order chi connectivity index (χ1) is 15.4. The zero-order valence-electron chi connectivity index (χ0n) is 18.0. The molecule has 1 heterocycles. The molecule has 0 atom stereocenters. The van der Waals surface area contributed by atoms with E-state index in [1.54, 1.807) is 37.5 Å². The van der Waals surface area contributed by atoms with Gasteiger partial charge in [0.15, 0.2) is 5.71 Å². The Hall–Kier alpha value is -2.68. The lowest BCUT2D eigenvalue weighted by Gasteiger charge is -2.19. The minimum absolute atomic E-state index is 0.0167. The third-order valence-electron chi connectivity index (χ3n) is 6.10. The molecule has 0 aliphatic carbocycles. The van der Waals surface area contributed by atoms with E-state index in [0.717, 1.165) is 6.07 Å². The molecule has 1 aliphatic heterocycles. The Morgan fingerprint density at radius 1 is 0.824 bits per heavy atom. The van der Waals surface area contributed by atoms with Crippen molar-refractivity contribution in [1.82, 2.24) is 4.58 Å². The summed E-state index contributed by atoms with van der Waals surface area (Å²) in [4.78, 5) is -1.87. The van der Waals surface area contributed by atoms with Crippen molar-refractivity contribution in [3.05, 3.63) is 54.1 Å². The highest BCUT2D eigenvalue weighted by molar-refractivity contribution is 7.87. The van der Waals surface area contributed by atoms with Crippen LogP contribution in [0, 0.1) is 0 Å². The maximum atomic E-state index is 12.0. The summed E-state index contributed by atoms with van der Waals surface area (Å²) in [7, 11) is -14.4. The molecule has 2 N–H and O–H groups in total. The molecule has 13 heteroatoms. The predicted molar refractivity (Wildman–Crippen MR) is 123 cm³/mol. The summed E-state index contributed by atoms with van der Waals surface area (Å²) < 4.78 is 104. The molecule has 0 unspecified atom stereocenters. The van der Waals surface area contributed by atoms with Gasteiger partial charge in [-0.15, -0.1) is 0 Å². The summed E-state index contributed by atoms with van der Waals surface area (Å²) in [6.07, 6.45) is 0. The fraction of sp³-hybridized carbons (Fsp3) is 0.190. The van der Waals surface area contributed by atoms with Crippen molar-refractivity contribution in [3.8, 4) is 0 Å². The van der Waals surface area contributed by atoms with Gasteiger partial charge < -0.3 is 4.55 Å². The molecule has 3 aromatic rings. The van der Waals surface area contributed by atoms with Crippen LogP contribution in [0.5, 0.6) is 0 Å². The van der Waals surface area contributed by atoms with E-state index in [2.05, 4.69) is 0 Å². The second-order valence-corrected chi connectivity index (χ2v) is 12.6. The maximum Gasteiger partial charge on any atom is 0.295 e. The monoisotopic (exact) mass is 525 g/mol. The van der Waals surface area contributed by atoms with Crippen LogP contribution in [-0.4, -0.2) is 44.6 Å². The average molecular weight is 526 g/mol. The molecular weight excluding hydrogens is 506 g/mol. The lowest BCUT2D eigenvalue weighted by atomic mass is 9.80. The summed E-state index contributed by atoms with van der Waals surface area (Å²) >= 11 is 0. The summed E-state index contributed by atoms with van der Waals surface area (Å²) in [6.45, 7) is 5.33. The smallest absolute Gasteiger partial charge is 0.295 e. The van der Waals surface area contributed by atoms with Crippen molar-refractivity contribution < 1.29 is 38.9 Å². The largest absolute Gasteiger partial charge is 0.744 e. The molecule has 0 spiro atoms. The quantitative estimate of drug-likeness (QED) is 0.384. The molecule has 10 nitrogen and oxygen atoms in total. The molecule has 1 aliphatic rings. The standard InChI is InChI=1S/C21H19NO9S3/c1-12-21(2,3)20-17-10-15(33(26,27)28)11-19(34(29,30)31)16(17)7-8-18(20)22(12)13-5-4-6-14(9-13)32(23,24)25/h4-11H,1-3H3,(H2-,23,24,25,26,27,28,29,30,31). The molecule has 0 saturated heterocycles. The van der Waals surface area contributed by atoms with Gasteiger partial charge >= 0.3 is 0 Å². The van der Waals surface area contributed by atoms with Crippen LogP contribution in [0.1, 0.15) is 26.3 Å². The first kappa shape index (κ1) is 24.4. The maximum absolute atomic E-state index is 12.0. The Morgan fingerprint density at radius 2 is 1.47 bits per heavy atom. The molecule has 0 amide bonds. The number of nitrogens with zero attached hydrogens (tertiary/aromatic N) is 1. The molecule has 0 aromatic heterocycles. The van der Waals surface area contributed by atoms with Gasteiger partial charge in [0.1, 0.15) is 19.9 Å². The summed E-state index contributed by atoms with van der Waals surface area (Å²) in [6, 6.07) is 10.1. The molecular formula is C21H19NO9S3. The number of hydrogen-bond donors (Lipinski definition) is 2. The van der Waals surface area contributed by atoms with E-state index >= 15 is 0 Å². The normalized spacial score (nSPS) is 16.2. The van der Waals surface area contributed by atoms with Crippen LogP contribution in [-0.2, 0) is 35.8 Å². The summed E-state index contributed by atoms with van der Waals surface area (Å²) in [5.74, 6) is 0. The zero-order valence-corrected chi connectivity index (χ0v) is 20.5. The van der Waals surface area contributed by atoms with E-state index in [1.807, 2.05) is 0 Å². The van der Waals surface area contributed by atoms with Gasteiger partial charge in [-0.1, -0.05) is 6.07 Å². The van der Waals surface area contributed by atoms with Gasteiger partial charge in [0, 0.05) is 36.1 Å². The third-order valence-corrected chi connectivity index (χ3v) is 8.65. The van der Waals surface area contributed by atoms with Crippen LogP contribution in [0.2, 0.25) is 0 Å². The topological polar surface area (TPSA) is 169 Å². The van der Waals surface area contributed by atoms with Crippen molar-refractivity contribution in [2.75, 3.05) is 0 Å². The number of rotatable bonds is 4. The van der Waals surface area contributed by atoms with Gasteiger partial charge in [0.2, 0.25) is 11.4 Å². The molecule has 3 aromatic carbocycles. The highest BCUT2D eigenvalue weighted by Crippen LogP contribution is 2.47. The van der Waals surface area contributed by atoms with Crippen LogP contribution in [0.3, 0.4) is 0 Å². The second-order valence-electron chi connectivity index (χ2n) is 8.42. The van der Waals surface area contributed by atoms with E-state index in [1.165, 1.54) is 24.3 Å². The summed E-state index contributed by atoms with van der Waals surface area (Å²) in [5.41, 5.74) is 1.15. The molecule has 0 radical (unpaired) electrons. The first-order valence-corrected chi connectivity index (χ1v) is 14.0.